The molecular formula is C14H13N5O2. The number of para-hydroxylation sites is 1. The first-order valence-electron chi connectivity index (χ1n) is 6.37. The molecule has 106 valence electrons. The van der Waals surface area contributed by atoms with Crippen LogP contribution >= 0.6 is 0 Å². The van der Waals surface area contributed by atoms with E-state index < -0.39 is 0 Å². The van der Waals surface area contributed by atoms with Crippen LogP contribution in [0.4, 0.5) is 5.82 Å². The Kier molecular flexibility index (Phi) is 3.23. The molecule has 0 saturated heterocycles. The van der Waals surface area contributed by atoms with Crippen molar-refractivity contribution in [2.24, 2.45) is 0 Å². The predicted molar refractivity (Wildman–Crippen MR) is 75.3 cm³/mol. The number of benzene rings is 1. The molecule has 1 aromatic carbocycles. The summed E-state index contributed by atoms with van der Waals surface area (Å²) in [6, 6.07) is 11.1. The standard InChI is InChI=1S/C14H13N5O2/c1-9-8-12(17-21-9)15-14(20)13-10(2)19(18-16-13)11-6-4-3-5-7-11/h3-8H,1-2H3,(H,15,17,20). The molecule has 7 heteroatoms. The summed E-state index contributed by atoms with van der Waals surface area (Å²) in [5.74, 6) is 0.601. The Bertz CT molecular complexity index is 776. The molecule has 0 bridgehead atoms. The van der Waals surface area contributed by atoms with Crippen molar-refractivity contribution in [2.75, 3.05) is 5.32 Å². The lowest BCUT2D eigenvalue weighted by Crippen LogP contribution is -2.14. The summed E-state index contributed by atoms with van der Waals surface area (Å²) in [5, 5.41) is 14.3. The molecule has 0 radical (unpaired) electrons. The molecule has 3 rings (SSSR count). The first-order chi connectivity index (χ1) is 10.1. The number of hydrogen-bond acceptors (Lipinski definition) is 5. The van der Waals surface area contributed by atoms with E-state index in [2.05, 4.69) is 20.8 Å². The summed E-state index contributed by atoms with van der Waals surface area (Å²) < 4.78 is 6.51. The van der Waals surface area contributed by atoms with Crippen molar-refractivity contribution in [2.45, 2.75) is 13.8 Å². The SMILES string of the molecule is Cc1cc(NC(=O)c2nnn(-c3ccccc3)c2C)no1. The Morgan fingerprint density at radius 3 is 2.67 bits per heavy atom. The lowest BCUT2D eigenvalue weighted by Gasteiger charge is -2.03. The molecule has 7 nitrogen and oxygen atoms in total. The minimum absolute atomic E-state index is 0.250. The largest absolute Gasteiger partial charge is 0.360 e. The number of nitrogens with zero attached hydrogens (tertiary/aromatic N) is 4. The number of carbonyl (C=O) groups excluding carboxylic acids is 1. The van der Waals surface area contributed by atoms with E-state index in [0.717, 1.165) is 5.69 Å². The molecule has 2 aromatic heterocycles. The molecule has 0 aliphatic heterocycles. The predicted octanol–water partition coefficient (Wildman–Crippen LogP) is 2.12. The van der Waals surface area contributed by atoms with Crippen LogP contribution in [0.15, 0.2) is 40.9 Å². The number of hydrogen-bond donors (Lipinski definition) is 1. The van der Waals surface area contributed by atoms with Crippen LogP contribution in [-0.4, -0.2) is 26.1 Å². The van der Waals surface area contributed by atoms with Crippen LogP contribution in [0, 0.1) is 13.8 Å². The van der Waals surface area contributed by atoms with E-state index in [4.69, 9.17) is 4.52 Å². The topological polar surface area (TPSA) is 85.8 Å². The Morgan fingerprint density at radius 1 is 1.24 bits per heavy atom. The van der Waals surface area contributed by atoms with Crippen LogP contribution in [0.2, 0.25) is 0 Å². The molecule has 2 heterocycles. The number of aromatic nitrogens is 4. The molecule has 21 heavy (non-hydrogen) atoms. The Labute approximate surface area is 120 Å². The van der Waals surface area contributed by atoms with Gasteiger partial charge in [-0.25, -0.2) is 4.68 Å². The van der Waals surface area contributed by atoms with E-state index in [1.807, 2.05) is 30.3 Å². The maximum absolute atomic E-state index is 12.2. The van der Waals surface area contributed by atoms with Crippen molar-refractivity contribution in [3.05, 3.63) is 53.5 Å². The molecule has 0 fully saturated rings. The van der Waals surface area contributed by atoms with Gasteiger partial charge in [0.2, 0.25) is 0 Å². The fraction of sp³-hybridized carbons (Fsp3) is 0.143. The lowest BCUT2D eigenvalue weighted by atomic mass is 10.3. The van der Waals surface area contributed by atoms with E-state index in [1.54, 1.807) is 24.6 Å². The maximum atomic E-state index is 12.2. The number of nitrogens with one attached hydrogen (secondary N) is 1. The van der Waals surface area contributed by atoms with Gasteiger partial charge in [0.25, 0.3) is 5.91 Å². The normalized spacial score (nSPS) is 10.6. The van der Waals surface area contributed by atoms with E-state index in [-0.39, 0.29) is 11.6 Å². The second-order valence-corrected chi connectivity index (χ2v) is 4.55. The molecule has 0 spiro atoms. The molecule has 1 N–H and O–H groups in total. The van der Waals surface area contributed by atoms with Crippen LogP contribution < -0.4 is 5.32 Å². The molecule has 0 aliphatic carbocycles. The highest BCUT2D eigenvalue weighted by Gasteiger charge is 2.18. The van der Waals surface area contributed by atoms with Gasteiger partial charge in [-0.3, -0.25) is 4.79 Å². The highest BCUT2D eigenvalue weighted by Crippen LogP contribution is 2.14. The summed E-state index contributed by atoms with van der Waals surface area (Å²) in [6.07, 6.45) is 0. The van der Waals surface area contributed by atoms with Crippen molar-refractivity contribution in [1.29, 1.82) is 0 Å². The van der Waals surface area contributed by atoms with Crippen LogP contribution in [0.25, 0.3) is 5.69 Å². The van der Waals surface area contributed by atoms with Gasteiger partial charge in [0.15, 0.2) is 11.5 Å². The van der Waals surface area contributed by atoms with E-state index >= 15 is 0 Å². The molecule has 1 amide bonds. The zero-order valence-electron chi connectivity index (χ0n) is 11.6. The Hall–Kier alpha value is -2.96. The van der Waals surface area contributed by atoms with Gasteiger partial charge in [-0.15, -0.1) is 5.10 Å². The highest BCUT2D eigenvalue weighted by molar-refractivity contribution is 6.03. The molecule has 0 atom stereocenters. The number of anilines is 1. The van der Waals surface area contributed by atoms with Crippen molar-refractivity contribution in [3.63, 3.8) is 0 Å². The Morgan fingerprint density at radius 2 is 2.00 bits per heavy atom. The van der Waals surface area contributed by atoms with Gasteiger partial charge in [0, 0.05) is 6.07 Å². The molecule has 0 saturated carbocycles. The van der Waals surface area contributed by atoms with Gasteiger partial charge in [-0.1, -0.05) is 28.6 Å². The quantitative estimate of drug-likeness (QED) is 0.795. The summed E-state index contributed by atoms with van der Waals surface area (Å²) >= 11 is 0. The third-order valence-corrected chi connectivity index (χ3v) is 2.98. The average molecular weight is 283 g/mol. The molecular weight excluding hydrogens is 270 g/mol. The summed E-state index contributed by atoms with van der Waals surface area (Å²) in [5.41, 5.74) is 1.75. The highest BCUT2D eigenvalue weighted by atomic mass is 16.5. The molecule has 3 aromatic rings. The number of aryl methyl sites for hydroxylation is 1. The fourth-order valence-electron chi connectivity index (χ4n) is 1.95. The first-order valence-corrected chi connectivity index (χ1v) is 6.37. The van der Waals surface area contributed by atoms with Crippen molar-refractivity contribution >= 4 is 11.7 Å². The van der Waals surface area contributed by atoms with Gasteiger partial charge in [0.05, 0.1) is 11.4 Å². The van der Waals surface area contributed by atoms with Crippen molar-refractivity contribution < 1.29 is 9.32 Å². The smallest absolute Gasteiger partial charge is 0.279 e. The number of carbonyl (C=O) groups is 1. The summed E-state index contributed by atoms with van der Waals surface area (Å²) in [4.78, 5) is 12.2. The number of rotatable bonds is 3. The fourth-order valence-corrected chi connectivity index (χ4v) is 1.95. The first kappa shape index (κ1) is 13.0. The van der Waals surface area contributed by atoms with Gasteiger partial charge in [-0.2, -0.15) is 0 Å². The zero-order valence-corrected chi connectivity index (χ0v) is 11.6. The third kappa shape index (κ3) is 2.53. The number of amides is 1. The monoisotopic (exact) mass is 283 g/mol. The van der Waals surface area contributed by atoms with Gasteiger partial charge < -0.3 is 9.84 Å². The van der Waals surface area contributed by atoms with Crippen LogP contribution in [0.1, 0.15) is 21.9 Å². The van der Waals surface area contributed by atoms with Crippen LogP contribution in [0.5, 0.6) is 0 Å². The molecule has 0 unspecified atom stereocenters. The van der Waals surface area contributed by atoms with Gasteiger partial charge in [-0.05, 0) is 26.0 Å². The minimum Gasteiger partial charge on any atom is -0.360 e. The zero-order chi connectivity index (χ0) is 14.8. The minimum atomic E-state index is -0.372. The summed E-state index contributed by atoms with van der Waals surface area (Å²) in [6.45, 7) is 3.54. The Balaban J connectivity index is 1.87. The van der Waals surface area contributed by atoms with Crippen molar-refractivity contribution in [1.82, 2.24) is 20.2 Å². The van der Waals surface area contributed by atoms with Crippen LogP contribution in [0.3, 0.4) is 0 Å². The van der Waals surface area contributed by atoms with Gasteiger partial charge >= 0.3 is 0 Å². The average Bonchev–Trinajstić information content (AvgIpc) is 3.06. The van der Waals surface area contributed by atoms with Gasteiger partial charge in [0.1, 0.15) is 5.76 Å². The van der Waals surface area contributed by atoms with E-state index in [0.29, 0.717) is 17.3 Å². The van der Waals surface area contributed by atoms with E-state index in [1.165, 1.54) is 0 Å². The lowest BCUT2D eigenvalue weighted by molar-refractivity contribution is 0.102. The summed E-state index contributed by atoms with van der Waals surface area (Å²) in [7, 11) is 0. The maximum Gasteiger partial charge on any atom is 0.279 e. The van der Waals surface area contributed by atoms with Crippen LogP contribution in [-0.2, 0) is 0 Å². The third-order valence-electron chi connectivity index (χ3n) is 2.98. The second kappa shape index (κ2) is 5.20. The molecule has 0 aliphatic rings. The van der Waals surface area contributed by atoms with Crippen molar-refractivity contribution in [3.8, 4) is 5.69 Å². The second-order valence-electron chi connectivity index (χ2n) is 4.55. The van der Waals surface area contributed by atoms with E-state index in [9.17, 15) is 4.79 Å².